The minimum absolute atomic E-state index is 0.0831. The van der Waals surface area contributed by atoms with E-state index in [-0.39, 0.29) is 18.6 Å². The van der Waals surface area contributed by atoms with Crippen molar-refractivity contribution in [1.29, 1.82) is 0 Å². The van der Waals surface area contributed by atoms with Gasteiger partial charge in [0.25, 0.3) is 5.91 Å². The standard InChI is InChI=1S/C23H23NO3/c1-2-26-20-15-9-10-16-21(20)27-17-22(25)24-23(18-11-5-3-6-12-18)19-13-7-4-8-14-19/h3-16,23H,2,17H2,1H3,(H,24,25). The van der Waals surface area contributed by atoms with E-state index in [1.165, 1.54) is 0 Å². The van der Waals surface area contributed by atoms with Crippen LogP contribution in [0, 0.1) is 0 Å². The number of para-hydroxylation sites is 2. The van der Waals surface area contributed by atoms with Crippen LogP contribution in [-0.2, 0) is 4.79 Å². The molecule has 0 radical (unpaired) electrons. The van der Waals surface area contributed by atoms with E-state index in [2.05, 4.69) is 5.32 Å². The second kappa shape index (κ2) is 9.43. The minimum Gasteiger partial charge on any atom is -0.490 e. The molecule has 3 aromatic rings. The summed E-state index contributed by atoms with van der Waals surface area (Å²) >= 11 is 0. The van der Waals surface area contributed by atoms with Crippen molar-refractivity contribution in [1.82, 2.24) is 5.32 Å². The van der Waals surface area contributed by atoms with E-state index < -0.39 is 0 Å². The lowest BCUT2D eigenvalue weighted by Gasteiger charge is -2.20. The van der Waals surface area contributed by atoms with Crippen molar-refractivity contribution in [2.75, 3.05) is 13.2 Å². The predicted molar refractivity (Wildman–Crippen MR) is 106 cm³/mol. The van der Waals surface area contributed by atoms with Crippen molar-refractivity contribution in [2.24, 2.45) is 0 Å². The van der Waals surface area contributed by atoms with Crippen molar-refractivity contribution in [3.8, 4) is 11.5 Å². The monoisotopic (exact) mass is 361 g/mol. The summed E-state index contributed by atoms with van der Waals surface area (Å²) in [6, 6.07) is 26.9. The summed E-state index contributed by atoms with van der Waals surface area (Å²) in [4.78, 5) is 12.6. The van der Waals surface area contributed by atoms with Gasteiger partial charge in [0.05, 0.1) is 12.6 Å². The lowest BCUT2D eigenvalue weighted by Crippen LogP contribution is -2.33. The van der Waals surface area contributed by atoms with E-state index in [4.69, 9.17) is 9.47 Å². The maximum Gasteiger partial charge on any atom is 0.258 e. The van der Waals surface area contributed by atoms with Crippen LogP contribution in [0.15, 0.2) is 84.9 Å². The smallest absolute Gasteiger partial charge is 0.258 e. The average Bonchev–Trinajstić information content (AvgIpc) is 2.73. The molecule has 0 aliphatic carbocycles. The SMILES string of the molecule is CCOc1ccccc1OCC(=O)NC(c1ccccc1)c1ccccc1. The van der Waals surface area contributed by atoms with Crippen LogP contribution in [0.1, 0.15) is 24.1 Å². The molecule has 4 nitrogen and oxygen atoms in total. The molecule has 0 aromatic heterocycles. The molecular formula is C23H23NO3. The van der Waals surface area contributed by atoms with E-state index in [1.807, 2.05) is 85.8 Å². The Hall–Kier alpha value is -3.27. The number of nitrogens with one attached hydrogen (secondary N) is 1. The molecule has 0 aliphatic rings. The zero-order valence-corrected chi connectivity index (χ0v) is 15.3. The van der Waals surface area contributed by atoms with Gasteiger partial charge in [0.2, 0.25) is 0 Å². The number of amides is 1. The number of ether oxygens (including phenoxy) is 2. The lowest BCUT2D eigenvalue weighted by molar-refractivity contribution is -0.123. The van der Waals surface area contributed by atoms with E-state index in [0.717, 1.165) is 11.1 Å². The van der Waals surface area contributed by atoms with Gasteiger partial charge in [-0.25, -0.2) is 0 Å². The number of carbonyl (C=O) groups is 1. The van der Waals surface area contributed by atoms with E-state index >= 15 is 0 Å². The molecule has 0 unspecified atom stereocenters. The third-order valence-corrected chi connectivity index (χ3v) is 4.08. The first-order valence-corrected chi connectivity index (χ1v) is 9.02. The fourth-order valence-electron chi connectivity index (χ4n) is 2.84. The average molecular weight is 361 g/mol. The molecule has 0 saturated carbocycles. The topological polar surface area (TPSA) is 47.6 Å². The van der Waals surface area contributed by atoms with Crippen LogP contribution < -0.4 is 14.8 Å². The molecule has 1 amide bonds. The summed E-state index contributed by atoms with van der Waals surface area (Å²) in [6.07, 6.45) is 0. The van der Waals surface area contributed by atoms with Crippen LogP contribution in [-0.4, -0.2) is 19.1 Å². The molecule has 0 fully saturated rings. The molecule has 138 valence electrons. The Bertz CT molecular complexity index is 810. The quantitative estimate of drug-likeness (QED) is 0.648. The Morgan fingerprint density at radius 2 is 1.26 bits per heavy atom. The molecule has 3 aromatic carbocycles. The van der Waals surface area contributed by atoms with Gasteiger partial charge in [0.1, 0.15) is 0 Å². The van der Waals surface area contributed by atoms with E-state index in [1.54, 1.807) is 6.07 Å². The second-order valence-corrected chi connectivity index (χ2v) is 5.99. The Morgan fingerprint density at radius 1 is 0.778 bits per heavy atom. The Kier molecular flexibility index (Phi) is 6.47. The third-order valence-electron chi connectivity index (χ3n) is 4.08. The zero-order chi connectivity index (χ0) is 18.9. The van der Waals surface area contributed by atoms with Gasteiger partial charge < -0.3 is 14.8 Å². The van der Waals surface area contributed by atoms with Crippen molar-refractivity contribution >= 4 is 5.91 Å². The number of carbonyl (C=O) groups excluding carboxylic acids is 1. The first kappa shape index (κ1) is 18.5. The van der Waals surface area contributed by atoms with Crippen molar-refractivity contribution in [3.63, 3.8) is 0 Å². The summed E-state index contributed by atoms with van der Waals surface area (Å²) in [5.74, 6) is 1.000. The maximum atomic E-state index is 12.6. The van der Waals surface area contributed by atoms with Crippen molar-refractivity contribution in [2.45, 2.75) is 13.0 Å². The van der Waals surface area contributed by atoms with E-state index in [9.17, 15) is 4.79 Å². The summed E-state index contributed by atoms with van der Waals surface area (Å²) < 4.78 is 11.2. The fourth-order valence-corrected chi connectivity index (χ4v) is 2.84. The van der Waals surface area contributed by atoms with Crippen LogP contribution in [0.3, 0.4) is 0 Å². The van der Waals surface area contributed by atoms with Crippen molar-refractivity contribution in [3.05, 3.63) is 96.1 Å². The number of benzene rings is 3. The Balaban J connectivity index is 1.70. The van der Waals surface area contributed by atoms with Gasteiger partial charge in [0.15, 0.2) is 18.1 Å². The Labute approximate surface area is 159 Å². The third kappa shape index (κ3) is 5.11. The normalized spacial score (nSPS) is 10.4. The van der Waals surface area contributed by atoms with Crippen molar-refractivity contribution < 1.29 is 14.3 Å². The number of hydrogen-bond acceptors (Lipinski definition) is 3. The molecule has 0 saturated heterocycles. The summed E-state index contributed by atoms with van der Waals surface area (Å²) in [6.45, 7) is 2.37. The van der Waals surface area contributed by atoms with Gasteiger partial charge in [-0.05, 0) is 30.2 Å². The first-order valence-electron chi connectivity index (χ1n) is 9.02. The van der Waals surface area contributed by atoms with Gasteiger partial charge in [-0.3, -0.25) is 4.79 Å². The largest absolute Gasteiger partial charge is 0.490 e. The van der Waals surface area contributed by atoms with Crippen LogP contribution in [0.2, 0.25) is 0 Å². The minimum atomic E-state index is -0.231. The van der Waals surface area contributed by atoms with Gasteiger partial charge >= 0.3 is 0 Å². The van der Waals surface area contributed by atoms with Crippen LogP contribution in [0.4, 0.5) is 0 Å². The molecular weight excluding hydrogens is 338 g/mol. The first-order chi connectivity index (χ1) is 13.3. The van der Waals surface area contributed by atoms with Crippen LogP contribution in [0.25, 0.3) is 0 Å². The molecule has 27 heavy (non-hydrogen) atoms. The van der Waals surface area contributed by atoms with E-state index in [0.29, 0.717) is 18.1 Å². The predicted octanol–water partition coefficient (Wildman–Crippen LogP) is 4.37. The van der Waals surface area contributed by atoms with Gasteiger partial charge in [-0.15, -0.1) is 0 Å². The summed E-state index contributed by atoms with van der Waals surface area (Å²) in [5.41, 5.74) is 2.04. The highest BCUT2D eigenvalue weighted by atomic mass is 16.5. The Morgan fingerprint density at radius 3 is 1.78 bits per heavy atom. The van der Waals surface area contributed by atoms with Gasteiger partial charge in [0, 0.05) is 0 Å². The highest BCUT2D eigenvalue weighted by Gasteiger charge is 2.17. The lowest BCUT2D eigenvalue weighted by atomic mass is 9.99. The second-order valence-electron chi connectivity index (χ2n) is 5.99. The molecule has 0 spiro atoms. The van der Waals surface area contributed by atoms with Gasteiger partial charge in [-0.2, -0.15) is 0 Å². The number of rotatable bonds is 8. The summed E-state index contributed by atoms with van der Waals surface area (Å²) in [7, 11) is 0. The molecule has 0 atom stereocenters. The zero-order valence-electron chi connectivity index (χ0n) is 15.3. The van der Waals surface area contributed by atoms with Crippen LogP contribution in [0.5, 0.6) is 11.5 Å². The molecule has 1 N–H and O–H groups in total. The van der Waals surface area contributed by atoms with Crippen LogP contribution >= 0.6 is 0 Å². The summed E-state index contributed by atoms with van der Waals surface area (Å²) in [5, 5.41) is 3.07. The fraction of sp³-hybridized carbons (Fsp3) is 0.174. The molecule has 3 rings (SSSR count). The number of hydrogen-bond donors (Lipinski definition) is 1. The highest BCUT2D eigenvalue weighted by Crippen LogP contribution is 2.26. The maximum absolute atomic E-state index is 12.6. The molecule has 4 heteroatoms. The molecule has 0 aliphatic heterocycles. The molecule has 0 heterocycles. The van der Waals surface area contributed by atoms with Gasteiger partial charge in [-0.1, -0.05) is 72.8 Å². The molecule has 0 bridgehead atoms. The highest BCUT2D eigenvalue weighted by molar-refractivity contribution is 5.78.